The standard InChI is InChI=1S/C14H16ClNO6/c1-3-20-14(19)16-12(17)8-21-13(18)9(2)22-11-6-4-10(15)5-7-11/h4-7,9H,3,8H2,1-2H3,(H,16,17,19)/t9-/m1/s1. The summed E-state index contributed by atoms with van der Waals surface area (Å²) in [7, 11) is 0. The molecule has 0 aliphatic heterocycles. The van der Waals surface area contributed by atoms with E-state index in [1.807, 2.05) is 5.32 Å². The minimum Gasteiger partial charge on any atom is -0.479 e. The van der Waals surface area contributed by atoms with Crippen LogP contribution in [0.15, 0.2) is 24.3 Å². The average molecular weight is 330 g/mol. The van der Waals surface area contributed by atoms with Crippen LogP contribution in [0.2, 0.25) is 5.02 Å². The first kappa shape index (κ1) is 17.8. The number of alkyl carbamates (subject to hydrolysis) is 1. The van der Waals surface area contributed by atoms with Gasteiger partial charge in [0.2, 0.25) is 0 Å². The summed E-state index contributed by atoms with van der Waals surface area (Å²) < 4.78 is 14.6. The van der Waals surface area contributed by atoms with Gasteiger partial charge in [0.15, 0.2) is 12.7 Å². The zero-order valence-corrected chi connectivity index (χ0v) is 12.9. The Hall–Kier alpha value is -2.28. The Bertz CT molecular complexity index is 531. The summed E-state index contributed by atoms with van der Waals surface area (Å²) in [6.45, 7) is 2.59. The van der Waals surface area contributed by atoms with Crippen LogP contribution in [0.4, 0.5) is 4.79 Å². The molecule has 7 nitrogen and oxygen atoms in total. The van der Waals surface area contributed by atoms with Crippen LogP contribution in [-0.4, -0.2) is 37.3 Å². The maximum Gasteiger partial charge on any atom is 0.413 e. The molecule has 0 saturated carbocycles. The number of nitrogens with one attached hydrogen (secondary N) is 1. The van der Waals surface area contributed by atoms with Crippen molar-refractivity contribution in [2.75, 3.05) is 13.2 Å². The number of hydrogen-bond donors (Lipinski definition) is 1. The van der Waals surface area contributed by atoms with Gasteiger partial charge in [0.05, 0.1) is 6.61 Å². The summed E-state index contributed by atoms with van der Waals surface area (Å²) in [5.41, 5.74) is 0. The van der Waals surface area contributed by atoms with Crippen molar-refractivity contribution in [2.24, 2.45) is 0 Å². The van der Waals surface area contributed by atoms with Gasteiger partial charge in [0.1, 0.15) is 5.75 Å². The highest BCUT2D eigenvalue weighted by molar-refractivity contribution is 6.30. The molecule has 120 valence electrons. The van der Waals surface area contributed by atoms with Crippen LogP contribution in [0.1, 0.15) is 13.8 Å². The van der Waals surface area contributed by atoms with Gasteiger partial charge in [-0.15, -0.1) is 0 Å². The van der Waals surface area contributed by atoms with Crippen LogP contribution >= 0.6 is 11.6 Å². The molecule has 8 heteroatoms. The van der Waals surface area contributed by atoms with E-state index in [2.05, 4.69) is 4.74 Å². The molecular formula is C14H16ClNO6. The number of ether oxygens (including phenoxy) is 3. The van der Waals surface area contributed by atoms with E-state index in [4.69, 9.17) is 21.1 Å². The molecule has 0 fully saturated rings. The summed E-state index contributed by atoms with van der Waals surface area (Å²) in [6, 6.07) is 6.42. The van der Waals surface area contributed by atoms with E-state index in [0.29, 0.717) is 10.8 Å². The van der Waals surface area contributed by atoms with Gasteiger partial charge in [-0.25, -0.2) is 9.59 Å². The highest BCUT2D eigenvalue weighted by Gasteiger charge is 2.18. The Kier molecular flexibility index (Phi) is 7.18. The number of benzene rings is 1. The number of carbonyl (C=O) groups excluding carboxylic acids is 3. The van der Waals surface area contributed by atoms with Crippen molar-refractivity contribution in [3.8, 4) is 5.75 Å². The summed E-state index contributed by atoms with van der Waals surface area (Å²) in [5, 5.41) is 2.44. The predicted molar refractivity (Wildman–Crippen MR) is 77.7 cm³/mol. The molecule has 0 radical (unpaired) electrons. The zero-order valence-electron chi connectivity index (χ0n) is 12.1. The molecule has 1 atom stereocenters. The fraction of sp³-hybridized carbons (Fsp3) is 0.357. The number of esters is 1. The second-order valence-electron chi connectivity index (χ2n) is 4.09. The van der Waals surface area contributed by atoms with Gasteiger partial charge in [-0.05, 0) is 38.1 Å². The molecule has 2 amide bonds. The Balaban J connectivity index is 2.36. The number of amides is 2. The molecule has 1 aromatic carbocycles. The van der Waals surface area contributed by atoms with Crippen molar-refractivity contribution >= 4 is 29.6 Å². The summed E-state index contributed by atoms with van der Waals surface area (Å²) in [6.07, 6.45) is -1.81. The maximum atomic E-state index is 11.7. The molecule has 0 saturated heterocycles. The average Bonchev–Trinajstić information content (AvgIpc) is 2.47. The zero-order chi connectivity index (χ0) is 16.5. The minimum absolute atomic E-state index is 0.130. The van der Waals surface area contributed by atoms with E-state index in [1.54, 1.807) is 31.2 Å². The molecule has 0 aliphatic carbocycles. The van der Waals surface area contributed by atoms with E-state index >= 15 is 0 Å². The van der Waals surface area contributed by atoms with Gasteiger partial charge >= 0.3 is 12.1 Å². The van der Waals surface area contributed by atoms with Gasteiger partial charge in [-0.1, -0.05) is 11.6 Å². The quantitative estimate of drug-likeness (QED) is 0.802. The highest BCUT2D eigenvalue weighted by Crippen LogP contribution is 2.17. The molecule has 0 bridgehead atoms. The van der Waals surface area contributed by atoms with Crippen LogP contribution in [-0.2, 0) is 19.1 Å². The summed E-state index contributed by atoms with van der Waals surface area (Å²) >= 11 is 5.73. The fourth-order valence-corrected chi connectivity index (χ4v) is 1.46. The Morgan fingerprint density at radius 3 is 2.41 bits per heavy atom. The lowest BCUT2D eigenvalue weighted by atomic mass is 10.3. The van der Waals surface area contributed by atoms with Crippen molar-refractivity contribution in [3.05, 3.63) is 29.3 Å². The smallest absolute Gasteiger partial charge is 0.413 e. The maximum absolute atomic E-state index is 11.7. The lowest BCUT2D eigenvalue weighted by Gasteiger charge is -2.13. The monoisotopic (exact) mass is 329 g/mol. The lowest BCUT2D eigenvalue weighted by molar-refractivity contribution is -0.154. The molecule has 1 N–H and O–H groups in total. The first-order chi connectivity index (χ1) is 10.4. The Morgan fingerprint density at radius 2 is 1.82 bits per heavy atom. The van der Waals surface area contributed by atoms with Gasteiger partial charge in [0.25, 0.3) is 5.91 Å². The van der Waals surface area contributed by atoms with Crippen molar-refractivity contribution < 1.29 is 28.6 Å². The first-order valence-corrected chi connectivity index (χ1v) is 6.85. The van der Waals surface area contributed by atoms with Crippen molar-refractivity contribution in [1.82, 2.24) is 5.32 Å². The third kappa shape index (κ3) is 6.45. The van der Waals surface area contributed by atoms with Gasteiger partial charge in [-0.2, -0.15) is 0 Å². The van der Waals surface area contributed by atoms with Gasteiger partial charge in [0, 0.05) is 5.02 Å². The molecule has 0 aliphatic rings. The number of halogens is 1. The van der Waals surface area contributed by atoms with E-state index in [0.717, 1.165) is 0 Å². The van der Waals surface area contributed by atoms with Crippen LogP contribution < -0.4 is 10.1 Å². The largest absolute Gasteiger partial charge is 0.479 e. The number of rotatable bonds is 6. The van der Waals surface area contributed by atoms with Crippen molar-refractivity contribution in [1.29, 1.82) is 0 Å². The topological polar surface area (TPSA) is 90.9 Å². The van der Waals surface area contributed by atoms with Crippen LogP contribution in [0.3, 0.4) is 0 Å². The second-order valence-corrected chi connectivity index (χ2v) is 4.53. The molecule has 0 heterocycles. The first-order valence-electron chi connectivity index (χ1n) is 6.47. The van der Waals surface area contributed by atoms with Gasteiger partial charge in [-0.3, -0.25) is 10.1 Å². The van der Waals surface area contributed by atoms with E-state index in [9.17, 15) is 14.4 Å². The molecule has 0 spiro atoms. The van der Waals surface area contributed by atoms with Crippen LogP contribution in [0.25, 0.3) is 0 Å². The van der Waals surface area contributed by atoms with Crippen LogP contribution in [0, 0.1) is 0 Å². The van der Waals surface area contributed by atoms with E-state index in [1.165, 1.54) is 6.92 Å². The van der Waals surface area contributed by atoms with Crippen molar-refractivity contribution in [3.63, 3.8) is 0 Å². The molecule has 1 rings (SSSR count). The van der Waals surface area contributed by atoms with Crippen molar-refractivity contribution in [2.45, 2.75) is 20.0 Å². The molecule has 22 heavy (non-hydrogen) atoms. The summed E-state index contributed by atoms with van der Waals surface area (Å²) in [5.74, 6) is -1.09. The minimum atomic E-state index is -0.920. The Labute approximate surface area is 132 Å². The second kappa shape index (κ2) is 8.89. The number of carbonyl (C=O) groups is 3. The molecular weight excluding hydrogens is 314 g/mol. The molecule has 0 unspecified atom stereocenters. The SMILES string of the molecule is CCOC(=O)NC(=O)COC(=O)[C@@H](C)Oc1ccc(Cl)cc1. The third-order valence-corrected chi connectivity index (χ3v) is 2.57. The molecule has 0 aromatic heterocycles. The lowest BCUT2D eigenvalue weighted by Crippen LogP contribution is -2.36. The van der Waals surface area contributed by atoms with E-state index in [-0.39, 0.29) is 6.61 Å². The predicted octanol–water partition coefficient (Wildman–Crippen LogP) is 1.92. The summed E-state index contributed by atoms with van der Waals surface area (Å²) in [4.78, 5) is 33.9. The number of hydrogen-bond acceptors (Lipinski definition) is 6. The fourth-order valence-electron chi connectivity index (χ4n) is 1.34. The molecule has 1 aromatic rings. The Morgan fingerprint density at radius 1 is 1.18 bits per heavy atom. The van der Waals surface area contributed by atoms with E-state index < -0.39 is 30.7 Å². The van der Waals surface area contributed by atoms with Gasteiger partial charge < -0.3 is 14.2 Å². The van der Waals surface area contributed by atoms with Crippen LogP contribution in [0.5, 0.6) is 5.75 Å². The normalized spacial score (nSPS) is 11.2. The highest BCUT2D eigenvalue weighted by atomic mass is 35.5. The number of imide groups is 1. The third-order valence-electron chi connectivity index (χ3n) is 2.32.